The third-order valence-corrected chi connectivity index (χ3v) is 4.41. The second-order valence-electron chi connectivity index (χ2n) is 5.40. The maximum atomic E-state index is 13.9. The van der Waals surface area contributed by atoms with Crippen LogP contribution in [0.5, 0.6) is 0 Å². The molecule has 1 N–H and O–H groups in total. The van der Waals surface area contributed by atoms with E-state index in [1.165, 1.54) is 29.1 Å². The number of carbonyl (C=O) groups excluding carboxylic acids is 1. The molecule has 1 amide bonds. The van der Waals surface area contributed by atoms with E-state index < -0.39 is 16.6 Å². The molecule has 0 unspecified atom stereocenters. The lowest BCUT2D eigenvalue weighted by Crippen LogP contribution is -2.19. The van der Waals surface area contributed by atoms with Crippen molar-refractivity contribution in [3.05, 3.63) is 67.6 Å². The SMILES string of the molecule is O=C(Cn1ccc([N+](=O)[O-])n1)Nc1nn(Cc2c(F)cccc2Cl)cc1Br. The zero-order chi connectivity index (χ0) is 19.6. The summed E-state index contributed by atoms with van der Waals surface area (Å²) in [5, 5.41) is 21.3. The number of halogens is 3. The highest BCUT2D eigenvalue weighted by molar-refractivity contribution is 9.10. The van der Waals surface area contributed by atoms with Gasteiger partial charge in [0.05, 0.1) is 28.4 Å². The van der Waals surface area contributed by atoms with Crippen LogP contribution in [0, 0.1) is 15.9 Å². The van der Waals surface area contributed by atoms with Crippen LogP contribution in [0.15, 0.2) is 41.1 Å². The van der Waals surface area contributed by atoms with Gasteiger partial charge in [0, 0.05) is 16.8 Å². The lowest BCUT2D eigenvalue weighted by atomic mass is 10.2. The fourth-order valence-electron chi connectivity index (χ4n) is 2.26. The van der Waals surface area contributed by atoms with Crippen LogP contribution in [-0.4, -0.2) is 30.4 Å². The van der Waals surface area contributed by atoms with E-state index >= 15 is 0 Å². The summed E-state index contributed by atoms with van der Waals surface area (Å²) < 4.78 is 16.9. The molecule has 0 spiro atoms. The summed E-state index contributed by atoms with van der Waals surface area (Å²) in [4.78, 5) is 22.1. The van der Waals surface area contributed by atoms with E-state index in [-0.39, 0.29) is 35.3 Å². The van der Waals surface area contributed by atoms with Crippen molar-refractivity contribution in [3.63, 3.8) is 0 Å². The Morgan fingerprint density at radius 1 is 1.33 bits per heavy atom. The summed E-state index contributed by atoms with van der Waals surface area (Å²) in [5.41, 5.74) is 0.274. The van der Waals surface area contributed by atoms with Crippen molar-refractivity contribution in [2.75, 3.05) is 5.32 Å². The molecule has 0 atom stereocenters. The molecular formula is C15H11BrClFN6O3. The minimum atomic E-state index is -0.652. The summed E-state index contributed by atoms with van der Waals surface area (Å²) in [6, 6.07) is 5.57. The minimum Gasteiger partial charge on any atom is -0.358 e. The van der Waals surface area contributed by atoms with E-state index in [9.17, 15) is 19.3 Å². The molecular weight excluding hydrogens is 447 g/mol. The van der Waals surface area contributed by atoms with Crippen molar-refractivity contribution in [1.29, 1.82) is 0 Å². The van der Waals surface area contributed by atoms with Crippen LogP contribution in [-0.2, 0) is 17.9 Å². The van der Waals surface area contributed by atoms with Gasteiger partial charge in [0.2, 0.25) is 5.91 Å². The molecule has 3 aromatic rings. The number of nitrogens with zero attached hydrogens (tertiary/aromatic N) is 5. The third kappa shape index (κ3) is 4.49. The van der Waals surface area contributed by atoms with Crippen LogP contribution >= 0.6 is 27.5 Å². The maximum absolute atomic E-state index is 13.9. The number of rotatable bonds is 6. The molecule has 0 saturated heterocycles. The van der Waals surface area contributed by atoms with E-state index in [2.05, 4.69) is 31.4 Å². The average molecular weight is 458 g/mol. The number of anilines is 1. The number of amides is 1. The summed E-state index contributed by atoms with van der Waals surface area (Å²) in [5.74, 6) is -1.08. The Balaban J connectivity index is 1.69. The van der Waals surface area contributed by atoms with Crippen LogP contribution in [0.3, 0.4) is 0 Å². The molecule has 27 heavy (non-hydrogen) atoms. The second kappa shape index (κ2) is 7.84. The van der Waals surface area contributed by atoms with Crippen molar-refractivity contribution in [3.8, 4) is 0 Å². The average Bonchev–Trinajstić information content (AvgIpc) is 3.18. The number of hydrogen-bond donors (Lipinski definition) is 1. The Morgan fingerprint density at radius 3 is 2.78 bits per heavy atom. The number of nitrogens with one attached hydrogen (secondary N) is 1. The Morgan fingerprint density at radius 2 is 2.11 bits per heavy atom. The van der Waals surface area contributed by atoms with Crippen molar-refractivity contribution in [1.82, 2.24) is 19.6 Å². The minimum absolute atomic E-state index is 0.0747. The smallest absolute Gasteiger partial charge is 0.358 e. The topological polar surface area (TPSA) is 108 Å². The number of nitro groups is 1. The molecule has 0 aliphatic carbocycles. The van der Waals surface area contributed by atoms with Crippen molar-refractivity contribution >= 4 is 45.1 Å². The van der Waals surface area contributed by atoms with Crippen LogP contribution in [0.2, 0.25) is 5.02 Å². The van der Waals surface area contributed by atoms with Gasteiger partial charge in [-0.3, -0.25) is 9.48 Å². The van der Waals surface area contributed by atoms with E-state index in [0.29, 0.717) is 4.47 Å². The summed E-state index contributed by atoms with van der Waals surface area (Å²) in [6.07, 6.45) is 2.89. The predicted octanol–water partition coefficient (Wildman–Crippen LogP) is 3.23. The number of hydrogen-bond acceptors (Lipinski definition) is 5. The van der Waals surface area contributed by atoms with E-state index in [1.807, 2.05) is 0 Å². The monoisotopic (exact) mass is 456 g/mol. The van der Waals surface area contributed by atoms with Gasteiger partial charge in [0.15, 0.2) is 5.82 Å². The summed E-state index contributed by atoms with van der Waals surface area (Å²) in [6.45, 7) is -0.155. The second-order valence-corrected chi connectivity index (χ2v) is 6.66. The fraction of sp³-hybridized carbons (Fsp3) is 0.133. The zero-order valence-corrected chi connectivity index (χ0v) is 15.8. The largest absolute Gasteiger partial charge is 0.389 e. The first-order chi connectivity index (χ1) is 12.8. The molecule has 0 radical (unpaired) electrons. The zero-order valence-electron chi connectivity index (χ0n) is 13.5. The van der Waals surface area contributed by atoms with Crippen LogP contribution in [0.25, 0.3) is 0 Å². The Hall–Kier alpha value is -2.79. The third-order valence-electron chi connectivity index (χ3n) is 3.48. The van der Waals surface area contributed by atoms with E-state index in [1.54, 1.807) is 12.3 Å². The normalized spacial score (nSPS) is 10.8. The number of carbonyl (C=O) groups is 1. The van der Waals surface area contributed by atoms with Crippen LogP contribution in [0.4, 0.5) is 16.0 Å². The molecule has 3 rings (SSSR count). The van der Waals surface area contributed by atoms with Gasteiger partial charge < -0.3 is 15.4 Å². The molecule has 0 bridgehead atoms. The first-order valence-electron chi connectivity index (χ1n) is 7.47. The lowest BCUT2D eigenvalue weighted by Gasteiger charge is -2.06. The first kappa shape index (κ1) is 19.0. The first-order valence-corrected chi connectivity index (χ1v) is 8.64. The molecule has 1 aromatic carbocycles. The highest BCUT2D eigenvalue weighted by Crippen LogP contribution is 2.24. The quantitative estimate of drug-likeness (QED) is 0.452. The molecule has 0 saturated carbocycles. The van der Waals surface area contributed by atoms with Gasteiger partial charge in [-0.15, -0.1) is 0 Å². The molecule has 2 aromatic heterocycles. The Labute approximate surface area is 165 Å². The highest BCUT2D eigenvalue weighted by Gasteiger charge is 2.16. The Bertz CT molecular complexity index is 1000. The van der Waals surface area contributed by atoms with Gasteiger partial charge in [-0.25, -0.2) is 4.39 Å². The van der Waals surface area contributed by atoms with E-state index in [4.69, 9.17) is 11.6 Å². The number of aromatic nitrogens is 4. The van der Waals surface area contributed by atoms with Crippen molar-refractivity contribution in [2.45, 2.75) is 13.1 Å². The van der Waals surface area contributed by atoms with E-state index in [0.717, 1.165) is 4.68 Å². The molecule has 9 nitrogen and oxygen atoms in total. The number of benzene rings is 1. The van der Waals surface area contributed by atoms with Gasteiger partial charge in [0.1, 0.15) is 12.4 Å². The molecule has 140 valence electrons. The molecule has 0 fully saturated rings. The van der Waals surface area contributed by atoms with Gasteiger partial charge in [-0.05, 0) is 33.0 Å². The van der Waals surface area contributed by atoms with Gasteiger partial charge >= 0.3 is 5.82 Å². The standard InChI is InChI=1S/C15H11BrClFN6O3/c16-10-7-23(6-9-11(17)2-1-3-12(9)18)21-15(10)19-14(25)8-22-5-4-13(20-22)24(26)27/h1-5,7H,6,8H2,(H,19,21,25). The fourth-order valence-corrected chi connectivity index (χ4v) is 2.90. The predicted molar refractivity (Wildman–Crippen MR) is 98.0 cm³/mol. The summed E-state index contributed by atoms with van der Waals surface area (Å²) in [7, 11) is 0. The van der Waals surface area contributed by atoms with Crippen molar-refractivity contribution in [2.24, 2.45) is 0 Å². The Kier molecular flexibility index (Phi) is 5.51. The van der Waals surface area contributed by atoms with Crippen molar-refractivity contribution < 1.29 is 14.1 Å². The van der Waals surface area contributed by atoms with Gasteiger partial charge in [-0.1, -0.05) is 17.7 Å². The van der Waals surface area contributed by atoms with Crippen LogP contribution < -0.4 is 5.32 Å². The summed E-state index contributed by atoms with van der Waals surface area (Å²) >= 11 is 9.27. The maximum Gasteiger partial charge on any atom is 0.389 e. The van der Waals surface area contributed by atoms with Gasteiger partial charge in [-0.2, -0.15) is 9.78 Å². The highest BCUT2D eigenvalue weighted by atomic mass is 79.9. The molecule has 2 heterocycles. The molecule has 12 heteroatoms. The van der Waals surface area contributed by atoms with Crippen LogP contribution in [0.1, 0.15) is 5.56 Å². The lowest BCUT2D eigenvalue weighted by molar-refractivity contribution is -0.389. The van der Waals surface area contributed by atoms with Gasteiger partial charge in [0.25, 0.3) is 0 Å². The molecule has 0 aliphatic heterocycles. The molecule has 0 aliphatic rings.